The Morgan fingerprint density at radius 3 is 2.42 bits per heavy atom. The van der Waals surface area contributed by atoms with Crippen molar-refractivity contribution < 1.29 is 9.59 Å². The second-order valence-corrected chi connectivity index (χ2v) is 9.02. The standard InChI is InChI=1S/C24H16Cl3N7O2/c25-13-7-8-18(15(10-13)23-31-33-34-32-23)30-24(36)20-9-12-3-1-6-19(22(12)29-20)28-21(35)11-14-16(26)4-2-5-17(14)27/h1-10,29H,11H2,(H,28,35)(H,30,36)(H,31,32,33,34). The van der Waals surface area contributed by atoms with E-state index in [9.17, 15) is 9.59 Å². The summed E-state index contributed by atoms with van der Waals surface area (Å²) < 4.78 is 0. The van der Waals surface area contributed by atoms with Gasteiger partial charge in [-0.3, -0.25) is 9.59 Å². The summed E-state index contributed by atoms with van der Waals surface area (Å²) in [5.74, 6) is -0.347. The van der Waals surface area contributed by atoms with E-state index >= 15 is 0 Å². The summed E-state index contributed by atoms with van der Waals surface area (Å²) in [6, 6.07) is 17.1. The summed E-state index contributed by atoms with van der Waals surface area (Å²) in [7, 11) is 0. The number of nitrogens with zero attached hydrogens (tertiary/aromatic N) is 3. The molecular weight excluding hydrogens is 525 g/mol. The second kappa shape index (κ2) is 9.98. The van der Waals surface area contributed by atoms with E-state index in [1.807, 2.05) is 6.07 Å². The van der Waals surface area contributed by atoms with Crippen molar-refractivity contribution in [1.29, 1.82) is 0 Å². The molecule has 0 aliphatic carbocycles. The number of fused-ring (bicyclic) bond motifs is 1. The Hall–Kier alpha value is -3.92. The molecule has 0 spiro atoms. The molecule has 0 fully saturated rings. The molecule has 0 aliphatic heterocycles. The van der Waals surface area contributed by atoms with E-state index < -0.39 is 5.91 Å². The van der Waals surface area contributed by atoms with Crippen LogP contribution in [0.1, 0.15) is 16.1 Å². The summed E-state index contributed by atoms with van der Waals surface area (Å²) in [5.41, 5.74) is 2.93. The molecule has 0 bridgehead atoms. The third kappa shape index (κ3) is 4.90. The molecule has 0 atom stereocenters. The number of rotatable bonds is 6. The number of carbonyl (C=O) groups is 2. The van der Waals surface area contributed by atoms with Crippen LogP contribution in [0.5, 0.6) is 0 Å². The fourth-order valence-electron chi connectivity index (χ4n) is 3.72. The molecule has 0 unspecified atom stereocenters. The SMILES string of the molecule is O=C(Cc1c(Cl)cccc1Cl)Nc1cccc2cc(C(=O)Nc3ccc(Cl)cc3-c3nnn[nH]3)[nH]c12. The maximum absolute atomic E-state index is 13.1. The van der Waals surface area contributed by atoms with Crippen molar-refractivity contribution in [1.82, 2.24) is 25.6 Å². The molecule has 12 heteroatoms. The Morgan fingerprint density at radius 1 is 0.889 bits per heavy atom. The number of benzene rings is 3. The number of aromatic amines is 2. The number of halogens is 3. The Bertz CT molecular complexity index is 1580. The molecule has 3 aromatic carbocycles. The minimum atomic E-state index is -0.401. The Labute approximate surface area is 219 Å². The van der Waals surface area contributed by atoms with Gasteiger partial charge in [-0.1, -0.05) is 53.0 Å². The van der Waals surface area contributed by atoms with Crippen LogP contribution in [0.2, 0.25) is 15.1 Å². The smallest absolute Gasteiger partial charge is 0.272 e. The van der Waals surface area contributed by atoms with Crippen molar-refractivity contribution in [3.05, 3.63) is 87.0 Å². The summed E-state index contributed by atoms with van der Waals surface area (Å²) in [6.45, 7) is 0. The third-order valence-corrected chi connectivity index (χ3v) is 6.35. The van der Waals surface area contributed by atoms with Crippen molar-refractivity contribution in [2.45, 2.75) is 6.42 Å². The lowest BCUT2D eigenvalue weighted by molar-refractivity contribution is -0.115. The maximum atomic E-state index is 13.1. The number of hydrogen-bond donors (Lipinski definition) is 4. The van der Waals surface area contributed by atoms with Crippen LogP contribution in [0.25, 0.3) is 22.3 Å². The highest BCUT2D eigenvalue weighted by Gasteiger charge is 2.17. The molecule has 0 aliphatic rings. The number of carbonyl (C=O) groups excluding carboxylic acids is 2. The summed E-state index contributed by atoms with van der Waals surface area (Å²) >= 11 is 18.5. The average molecular weight is 541 g/mol. The maximum Gasteiger partial charge on any atom is 0.272 e. The lowest BCUT2D eigenvalue weighted by Crippen LogP contribution is -2.15. The number of anilines is 2. The number of aromatic nitrogens is 5. The molecule has 0 saturated heterocycles. The molecule has 9 nitrogen and oxygen atoms in total. The zero-order valence-corrected chi connectivity index (χ0v) is 20.5. The van der Waals surface area contributed by atoms with E-state index in [0.717, 1.165) is 5.39 Å². The van der Waals surface area contributed by atoms with Crippen LogP contribution in [0, 0.1) is 0 Å². The van der Waals surface area contributed by atoms with E-state index in [4.69, 9.17) is 34.8 Å². The van der Waals surface area contributed by atoms with Gasteiger partial charge >= 0.3 is 0 Å². The minimum absolute atomic E-state index is 0.00121. The first kappa shape index (κ1) is 23.8. The normalized spacial score (nSPS) is 11.0. The molecule has 2 heterocycles. The molecule has 2 amide bonds. The monoisotopic (exact) mass is 539 g/mol. The predicted octanol–water partition coefficient (Wildman–Crippen LogP) is 5.74. The van der Waals surface area contributed by atoms with Crippen LogP contribution < -0.4 is 10.6 Å². The van der Waals surface area contributed by atoms with Gasteiger partial charge in [0.15, 0.2) is 5.82 Å². The lowest BCUT2D eigenvalue weighted by atomic mass is 10.1. The van der Waals surface area contributed by atoms with Gasteiger partial charge in [0, 0.05) is 26.0 Å². The van der Waals surface area contributed by atoms with E-state index in [0.29, 0.717) is 48.9 Å². The van der Waals surface area contributed by atoms with E-state index in [-0.39, 0.29) is 18.0 Å². The first-order valence-corrected chi connectivity index (χ1v) is 11.7. The van der Waals surface area contributed by atoms with E-state index in [1.165, 1.54) is 0 Å². The van der Waals surface area contributed by atoms with Crippen LogP contribution in [0.4, 0.5) is 11.4 Å². The molecule has 5 aromatic rings. The van der Waals surface area contributed by atoms with Crippen LogP contribution >= 0.6 is 34.8 Å². The lowest BCUT2D eigenvalue weighted by Gasteiger charge is -2.09. The summed E-state index contributed by atoms with van der Waals surface area (Å²) in [4.78, 5) is 28.9. The Kier molecular flexibility index (Phi) is 6.60. The fraction of sp³-hybridized carbons (Fsp3) is 0.0417. The number of hydrogen-bond acceptors (Lipinski definition) is 5. The van der Waals surface area contributed by atoms with Gasteiger partial charge < -0.3 is 15.6 Å². The molecular formula is C24H16Cl3N7O2. The zero-order valence-electron chi connectivity index (χ0n) is 18.3. The number of para-hydroxylation sites is 1. The van der Waals surface area contributed by atoms with Crippen LogP contribution in [0.15, 0.2) is 60.7 Å². The molecule has 180 valence electrons. The Balaban J connectivity index is 1.38. The quantitative estimate of drug-likeness (QED) is 0.218. The fourth-order valence-corrected chi connectivity index (χ4v) is 4.43. The van der Waals surface area contributed by atoms with Gasteiger partial charge in [-0.15, -0.1) is 5.10 Å². The van der Waals surface area contributed by atoms with Gasteiger partial charge in [-0.25, -0.2) is 5.10 Å². The molecule has 5 rings (SSSR count). The van der Waals surface area contributed by atoms with Crippen LogP contribution in [0.3, 0.4) is 0 Å². The third-order valence-electron chi connectivity index (χ3n) is 5.40. The number of tetrazole rings is 1. The van der Waals surface area contributed by atoms with Gasteiger partial charge in [0.25, 0.3) is 5.91 Å². The molecule has 4 N–H and O–H groups in total. The van der Waals surface area contributed by atoms with Gasteiger partial charge in [0.1, 0.15) is 5.69 Å². The largest absolute Gasteiger partial charge is 0.349 e. The van der Waals surface area contributed by atoms with Crippen molar-refractivity contribution in [2.75, 3.05) is 10.6 Å². The first-order chi connectivity index (χ1) is 17.4. The highest BCUT2D eigenvalue weighted by Crippen LogP contribution is 2.30. The minimum Gasteiger partial charge on any atom is -0.349 e. The highest BCUT2D eigenvalue weighted by atomic mass is 35.5. The van der Waals surface area contributed by atoms with Gasteiger partial charge in [0.2, 0.25) is 5.91 Å². The summed E-state index contributed by atoms with van der Waals surface area (Å²) in [5, 5.41) is 21.4. The predicted molar refractivity (Wildman–Crippen MR) is 140 cm³/mol. The molecule has 2 aromatic heterocycles. The van der Waals surface area contributed by atoms with Crippen LogP contribution in [-0.4, -0.2) is 37.4 Å². The number of nitrogens with one attached hydrogen (secondary N) is 4. The zero-order chi connectivity index (χ0) is 25.2. The average Bonchev–Trinajstić information content (AvgIpc) is 3.53. The van der Waals surface area contributed by atoms with E-state index in [2.05, 4.69) is 36.2 Å². The molecule has 0 saturated carbocycles. The van der Waals surface area contributed by atoms with Crippen molar-refractivity contribution in [2.24, 2.45) is 0 Å². The second-order valence-electron chi connectivity index (χ2n) is 7.77. The molecule has 0 radical (unpaired) electrons. The number of H-pyrrole nitrogens is 2. The summed E-state index contributed by atoms with van der Waals surface area (Å²) in [6.07, 6.45) is -0.00121. The number of amides is 2. The molecule has 36 heavy (non-hydrogen) atoms. The van der Waals surface area contributed by atoms with Crippen molar-refractivity contribution in [3.8, 4) is 11.4 Å². The van der Waals surface area contributed by atoms with Crippen molar-refractivity contribution >= 4 is 68.9 Å². The Morgan fingerprint density at radius 2 is 1.67 bits per heavy atom. The van der Waals surface area contributed by atoms with Crippen molar-refractivity contribution in [3.63, 3.8) is 0 Å². The highest BCUT2D eigenvalue weighted by molar-refractivity contribution is 6.36. The topological polar surface area (TPSA) is 128 Å². The van der Waals surface area contributed by atoms with Crippen LogP contribution in [-0.2, 0) is 11.2 Å². The van der Waals surface area contributed by atoms with Gasteiger partial charge in [-0.2, -0.15) is 0 Å². The van der Waals surface area contributed by atoms with Gasteiger partial charge in [-0.05, 0) is 58.5 Å². The van der Waals surface area contributed by atoms with E-state index in [1.54, 1.807) is 54.6 Å². The van der Waals surface area contributed by atoms with Gasteiger partial charge in [0.05, 0.1) is 23.3 Å². The first-order valence-electron chi connectivity index (χ1n) is 10.6.